The maximum Gasteiger partial charge on any atom is 0.262 e. The van der Waals surface area contributed by atoms with E-state index in [4.69, 9.17) is 9.47 Å². The van der Waals surface area contributed by atoms with E-state index in [9.17, 15) is 48.3 Å². The van der Waals surface area contributed by atoms with Gasteiger partial charge in [0.25, 0.3) is 30.1 Å². The van der Waals surface area contributed by atoms with Crippen molar-refractivity contribution in [2.24, 2.45) is 14.1 Å². The third-order valence-electron chi connectivity index (χ3n) is 29.4. The SMILES string of the molecule is COC[C@@H]1[C@@H](c2ccc(-c3cccc(C)c3)cc2)[C@@H]2CN(S(=O)(=O)c3cn(C)cn3)CCCCN12.COC[C@H]1[C@H](c2ccc(-c3ccccc3C)cc2)[C@H]2CN(S(=O)(=O)c3cn(C)cn3)CCCCN21.Cc1cccc(-c2ccc([C@@H]3[C@@H](CO)N4CCCCN(S(=O)(=O)c5cccs5)C[C@@H]34)cc2)c1.Cc1cccc(-c2ccc([C@@H]3[C@H](CO)N4CCCCN(S(=O)(=O)c5ccccc5F)C[C@@H]34)cc2)c1. The van der Waals surface area contributed by atoms with Gasteiger partial charge in [0.1, 0.15) is 14.9 Å². The lowest BCUT2D eigenvalue weighted by atomic mass is 9.74. The fraction of sp³-hybridized carbons (Fsp3) is 0.407. The van der Waals surface area contributed by atoms with Crippen LogP contribution in [0.2, 0.25) is 0 Å². The average Bonchev–Trinajstić information content (AvgIpc) is 0.851. The molecule has 0 aliphatic carbocycles. The quantitative estimate of drug-likeness (QED) is 0.0639. The number of imidazole rings is 2. The largest absolute Gasteiger partial charge is 0.395 e. The Bertz CT molecular complexity index is 6620. The normalized spacial score (nSPS) is 23.9. The zero-order chi connectivity index (χ0) is 96.7. The highest BCUT2D eigenvalue weighted by molar-refractivity contribution is 7.91. The average molecular weight is 1970 g/mol. The molecule has 138 heavy (non-hydrogen) atoms. The molecule has 9 aromatic carbocycles. The van der Waals surface area contributed by atoms with E-state index in [0.29, 0.717) is 69.7 Å². The van der Waals surface area contributed by atoms with Gasteiger partial charge < -0.3 is 28.8 Å². The van der Waals surface area contributed by atoms with Crippen LogP contribution in [0, 0.1) is 33.5 Å². The lowest BCUT2D eigenvalue weighted by Gasteiger charge is -2.57. The summed E-state index contributed by atoms with van der Waals surface area (Å²) in [6.07, 6.45) is 13.2. The first-order chi connectivity index (χ1) is 66.7. The van der Waals surface area contributed by atoms with E-state index in [1.165, 1.54) is 106 Å². The van der Waals surface area contributed by atoms with Gasteiger partial charge in [0.15, 0.2) is 10.1 Å². The van der Waals surface area contributed by atoms with Crippen LogP contribution in [0.25, 0.3) is 44.5 Å². The molecule has 8 aliphatic heterocycles. The summed E-state index contributed by atoms with van der Waals surface area (Å²) >= 11 is 1.28. The number of rotatable bonds is 22. The molecule has 12 atom stereocenters. The summed E-state index contributed by atoms with van der Waals surface area (Å²) < 4.78 is 143. The molecule has 0 bridgehead atoms. The lowest BCUT2D eigenvalue weighted by molar-refractivity contribution is -0.0635. The fourth-order valence-corrected chi connectivity index (χ4v) is 29.5. The Labute approximate surface area is 818 Å². The van der Waals surface area contributed by atoms with Crippen LogP contribution in [0.3, 0.4) is 0 Å². The third-order valence-corrected chi connectivity index (χ3v) is 38.1. The van der Waals surface area contributed by atoms with E-state index >= 15 is 0 Å². The second kappa shape index (κ2) is 43.8. The number of hydrogen-bond donors (Lipinski definition) is 2. The number of thiophene rings is 1. The first-order valence-corrected chi connectivity index (χ1v) is 55.0. The minimum absolute atomic E-state index is 0.00276. The summed E-state index contributed by atoms with van der Waals surface area (Å²) in [4.78, 5) is 17.5. The number of aliphatic hydroxyl groups is 2. The summed E-state index contributed by atoms with van der Waals surface area (Å²) in [5.41, 5.74) is 19.1. The second-order valence-corrected chi connectivity index (χ2v) is 47.0. The monoisotopic (exact) mass is 1960 g/mol. The summed E-state index contributed by atoms with van der Waals surface area (Å²) in [6, 6.07) is 78.0. The van der Waals surface area contributed by atoms with Crippen molar-refractivity contribution in [1.82, 2.24) is 55.9 Å². The van der Waals surface area contributed by atoms with Gasteiger partial charge in [-0.2, -0.15) is 17.2 Å². The van der Waals surface area contributed by atoms with Crippen molar-refractivity contribution in [2.75, 3.05) is 119 Å². The van der Waals surface area contributed by atoms with Crippen LogP contribution in [0.15, 0.2) is 280 Å². The predicted molar refractivity (Wildman–Crippen MR) is 542 cm³/mol. The minimum Gasteiger partial charge on any atom is -0.395 e. The molecule has 0 radical (unpaired) electrons. The van der Waals surface area contributed by atoms with Crippen molar-refractivity contribution >= 4 is 51.4 Å². The standard InChI is InChI=1S/C28H31FN2O3S.2C27H34N4O3S.C26H30N2O3S2/c1-20-7-6-8-23(17-20)21-11-13-22(14-12-21)28-25-18-30(15-4-5-16-31(25)26(28)19-32)35(33,34)27-10-3-2-9-24(27)29;1-20-7-6-8-23(15-20)21-9-11-22(12-10-21)27-24-16-30(35(32,33)26-17-29(2)19-28-26)13-4-5-14-31(24)25(27)18-34-3;1-20-8-4-5-9-23(20)21-10-12-22(13-11-21)27-24-16-30(35(32,33)26-17-29(2)19-28-26)14-6-7-15-31(24)25(27)18-34-3;1-19-6-4-7-22(16-19)20-9-11-21(12-10-20)26-23-17-27(33(30,31)25-8-5-15-32-25)13-2-3-14-28(23)24(26)18-29/h2-3,6-14,17,25-26,28,32H,4-5,15-16,18-19H2,1H3;6-12,15,17,19,24-25,27H,4-5,13-14,16,18H2,1-3H3;4-5,8-13,17,19,24-25,27H,6-7,14-16,18H2,1-3H3;4-12,15-16,23-24,26,29H,2-3,13-14,17-18H2,1H3/t25-,26-,28-;2*24-,25+,27-;23-,24+,26-/m0010/s1. The molecular weight excluding hydrogens is 1840 g/mol. The van der Waals surface area contributed by atoms with Crippen molar-refractivity contribution < 1.29 is 57.7 Å². The first kappa shape index (κ1) is 99.9. The van der Waals surface area contributed by atoms with Crippen molar-refractivity contribution in [1.29, 1.82) is 0 Å². The Balaban J connectivity index is 0.000000127. The van der Waals surface area contributed by atoms with Crippen molar-refractivity contribution in [3.8, 4) is 44.5 Å². The van der Waals surface area contributed by atoms with Gasteiger partial charge in [-0.05, 0) is 201 Å². The van der Waals surface area contributed by atoms with Crippen LogP contribution in [-0.4, -0.2) is 267 Å². The van der Waals surface area contributed by atoms with Crippen molar-refractivity contribution in [2.45, 2.75) is 170 Å². The fourth-order valence-electron chi connectivity index (χ4n) is 22.4. The summed E-state index contributed by atoms with van der Waals surface area (Å²) in [7, 11) is -7.67. The molecule has 20 rings (SSSR count). The highest BCUT2D eigenvalue weighted by Crippen LogP contribution is 2.49. The molecule has 0 unspecified atom stereocenters. The maximum absolute atomic E-state index is 14.4. The molecule has 30 heteroatoms. The topological polar surface area (TPSA) is 257 Å². The molecule has 0 saturated carbocycles. The Kier molecular flexibility index (Phi) is 31.7. The zero-order valence-corrected chi connectivity index (χ0v) is 84.1. The van der Waals surface area contributed by atoms with Crippen LogP contribution in [0.5, 0.6) is 0 Å². The first-order valence-electron chi connectivity index (χ1n) is 48.3. The maximum atomic E-state index is 14.4. The van der Waals surface area contributed by atoms with Crippen molar-refractivity contribution in [3.63, 3.8) is 0 Å². The Morgan fingerprint density at radius 2 is 0.696 bits per heavy atom. The van der Waals surface area contributed by atoms with Gasteiger partial charge in [-0.3, -0.25) is 19.6 Å². The van der Waals surface area contributed by atoms with E-state index in [2.05, 4.69) is 245 Å². The number of aliphatic hydroxyl groups excluding tert-OH is 2. The van der Waals surface area contributed by atoms with Gasteiger partial charge in [-0.1, -0.05) is 229 Å². The third kappa shape index (κ3) is 21.3. The molecule has 11 heterocycles. The van der Waals surface area contributed by atoms with Crippen LogP contribution in [0.4, 0.5) is 4.39 Å². The van der Waals surface area contributed by atoms with E-state index in [-0.39, 0.29) is 107 Å². The number of ether oxygens (including phenoxy) is 2. The molecule has 730 valence electrons. The Morgan fingerprint density at radius 3 is 1.03 bits per heavy atom. The van der Waals surface area contributed by atoms with E-state index in [0.717, 1.165) is 87.8 Å². The van der Waals surface area contributed by atoms with Crippen LogP contribution >= 0.6 is 11.3 Å². The minimum atomic E-state index is -3.96. The number of sulfonamides is 4. The molecule has 2 N–H and O–H groups in total. The number of methoxy groups -OCH3 is 2. The molecule has 12 aromatic rings. The molecule has 8 fully saturated rings. The van der Waals surface area contributed by atoms with E-state index < -0.39 is 45.9 Å². The number of nitrogens with zero attached hydrogens (tertiary/aromatic N) is 12. The van der Waals surface area contributed by atoms with Crippen LogP contribution in [-0.2, 0) is 63.7 Å². The number of benzene rings is 9. The number of halogens is 1. The number of aromatic nitrogens is 4. The number of fused-ring (bicyclic) bond motifs is 4. The summed E-state index contributed by atoms with van der Waals surface area (Å²) in [5, 5.41) is 22.4. The van der Waals surface area contributed by atoms with E-state index in [1.54, 1.807) is 93.6 Å². The van der Waals surface area contributed by atoms with Gasteiger partial charge in [0, 0.05) is 165 Å². The van der Waals surface area contributed by atoms with Crippen molar-refractivity contribution in [3.05, 3.63) is 311 Å². The van der Waals surface area contributed by atoms with Gasteiger partial charge in [0.2, 0.25) is 10.0 Å². The molecule has 0 spiro atoms. The molecule has 8 aliphatic rings. The number of aryl methyl sites for hydroxylation is 6. The Morgan fingerprint density at radius 1 is 0.362 bits per heavy atom. The highest BCUT2D eigenvalue weighted by Gasteiger charge is 2.55. The second-order valence-electron chi connectivity index (χ2n) is 38.2. The lowest BCUT2D eigenvalue weighted by Crippen LogP contribution is -2.68. The van der Waals surface area contributed by atoms with Gasteiger partial charge in [-0.25, -0.2) is 48.0 Å². The molecule has 0 amide bonds. The van der Waals surface area contributed by atoms with Gasteiger partial charge in [0.05, 0.1) is 39.1 Å². The van der Waals surface area contributed by atoms with Gasteiger partial charge >= 0.3 is 0 Å². The molecule has 3 aromatic heterocycles. The highest BCUT2D eigenvalue weighted by atomic mass is 32.2. The smallest absolute Gasteiger partial charge is 0.262 e. The zero-order valence-electron chi connectivity index (χ0n) is 80.0. The summed E-state index contributed by atoms with van der Waals surface area (Å²) in [6.45, 7) is 17.0. The van der Waals surface area contributed by atoms with Crippen LogP contribution < -0.4 is 0 Å². The Hall–Kier alpha value is -9.65. The molecular formula is C108H129FN12O12S5. The number of hydrogen-bond acceptors (Lipinski definition) is 19. The predicted octanol–water partition coefficient (Wildman–Crippen LogP) is 16.1. The molecule has 8 saturated heterocycles. The van der Waals surface area contributed by atoms with Crippen LogP contribution in [0.1, 0.15) is 120 Å². The van der Waals surface area contributed by atoms with E-state index in [1.807, 2.05) is 11.4 Å². The van der Waals surface area contributed by atoms with Gasteiger partial charge in [-0.15, -0.1) is 11.3 Å². The summed E-state index contributed by atoms with van der Waals surface area (Å²) in [5.74, 6) is -0.193. The molecule has 24 nitrogen and oxygen atoms in total.